The van der Waals surface area contributed by atoms with Crippen molar-refractivity contribution in [2.24, 2.45) is 0 Å². The van der Waals surface area contributed by atoms with E-state index in [1.165, 1.54) is 0 Å². The molecule has 0 N–H and O–H groups in total. The van der Waals surface area contributed by atoms with E-state index >= 15 is 0 Å². The lowest BCUT2D eigenvalue weighted by Gasteiger charge is -2.11. The highest BCUT2D eigenvalue weighted by molar-refractivity contribution is 6.04. The van der Waals surface area contributed by atoms with E-state index in [1.807, 2.05) is 60.8 Å². The number of amides is 1. The average Bonchev–Trinajstić information content (AvgIpc) is 3.12. The van der Waals surface area contributed by atoms with Crippen LogP contribution in [-0.4, -0.2) is 34.7 Å². The first-order valence-corrected chi connectivity index (χ1v) is 8.50. The maximum Gasteiger partial charge on any atom is 0.257 e. The fourth-order valence-electron chi connectivity index (χ4n) is 3.12. The van der Waals surface area contributed by atoms with Gasteiger partial charge in [-0.05, 0) is 22.9 Å². The number of carbonyl (C=O) groups excluding carboxylic acids is 1. The Hall–Kier alpha value is -3.40. The Morgan fingerprint density at radius 2 is 1.58 bits per heavy atom. The van der Waals surface area contributed by atoms with E-state index in [-0.39, 0.29) is 5.91 Å². The summed E-state index contributed by atoms with van der Waals surface area (Å²) < 4.78 is 1.77. The Morgan fingerprint density at radius 3 is 2.35 bits per heavy atom. The van der Waals surface area contributed by atoms with Crippen LogP contribution in [0.4, 0.5) is 0 Å². The molecule has 0 spiro atoms. The van der Waals surface area contributed by atoms with Gasteiger partial charge in [-0.1, -0.05) is 60.7 Å². The van der Waals surface area contributed by atoms with Crippen LogP contribution in [0.25, 0.3) is 27.7 Å². The summed E-state index contributed by atoms with van der Waals surface area (Å²) in [5.41, 5.74) is 3.18. The number of rotatable bonds is 3. The van der Waals surface area contributed by atoms with Gasteiger partial charge in [0.1, 0.15) is 5.69 Å². The second kappa shape index (κ2) is 6.48. The summed E-state index contributed by atoms with van der Waals surface area (Å²) in [4.78, 5) is 14.4. The number of nitrogens with zero attached hydrogens (tertiary/aromatic N) is 3. The summed E-state index contributed by atoms with van der Waals surface area (Å²) in [5.74, 6) is -0.0601. The van der Waals surface area contributed by atoms with Crippen molar-refractivity contribution < 1.29 is 4.79 Å². The molecule has 128 valence electrons. The first-order chi connectivity index (χ1) is 12.6. The van der Waals surface area contributed by atoms with Gasteiger partial charge in [-0.3, -0.25) is 4.79 Å². The summed E-state index contributed by atoms with van der Waals surface area (Å²) in [6.45, 7) is 0. The van der Waals surface area contributed by atoms with Gasteiger partial charge in [0.15, 0.2) is 0 Å². The molecule has 4 heteroatoms. The molecule has 1 amide bonds. The van der Waals surface area contributed by atoms with Gasteiger partial charge < -0.3 is 4.90 Å². The van der Waals surface area contributed by atoms with E-state index < -0.39 is 0 Å². The lowest BCUT2D eigenvalue weighted by molar-refractivity contribution is 0.0828. The van der Waals surface area contributed by atoms with Crippen LogP contribution in [0.2, 0.25) is 0 Å². The van der Waals surface area contributed by atoms with Gasteiger partial charge >= 0.3 is 0 Å². The molecule has 26 heavy (non-hydrogen) atoms. The van der Waals surface area contributed by atoms with Crippen LogP contribution in [0.5, 0.6) is 0 Å². The molecule has 0 unspecified atom stereocenters. The number of carbonyl (C=O) groups is 1. The Bertz CT molecular complexity index is 1080. The molecular weight excluding hydrogens is 322 g/mol. The number of benzene rings is 3. The molecule has 4 aromatic rings. The monoisotopic (exact) mass is 341 g/mol. The third-order valence-electron chi connectivity index (χ3n) is 4.42. The molecule has 0 bridgehead atoms. The van der Waals surface area contributed by atoms with Crippen LogP contribution in [0.1, 0.15) is 10.4 Å². The van der Waals surface area contributed by atoms with Crippen molar-refractivity contribution in [1.29, 1.82) is 0 Å². The average molecular weight is 341 g/mol. The van der Waals surface area contributed by atoms with Crippen LogP contribution in [-0.2, 0) is 0 Å². The van der Waals surface area contributed by atoms with E-state index in [0.717, 1.165) is 22.0 Å². The fraction of sp³-hybridized carbons (Fsp3) is 0.0909. The summed E-state index contributed by atoms with van der Waals surface area (Å²) in [7, 11) is 3.52. The molecule has 4 nitrogen and oxygen atoms in total. The topological polar surface area (TPSA) is 38.1 Å². The zero-order chi connectivity index (χ0) is 18.1. The van der Waals surface area contributed by atoms with Crippen molar-refractivity contribution in [2.45, 2.75) is 0 Å². The summed E-state index contributed by atoms with van der Waals surface area (Å²) in [6.07, 6.45) is 1.81. The van der Waals surface area contributed by atoms with Crippen LogP contribution < -0.4 is 0 Å². The zero-order valence-electron chi connectivity index (χ0n) is 14.8. The molecule has 1 heterocycles. The molecule has 0 aliphatic heterocycles. The van der Waals surface area contributed by atoms with Crippen molar-refractivity contribution in [3.63, 3.8) is 0 Å². The smallest absolute Gasteiger partial charge is 0.257 e. The standard InChI is InChI=1S/C22H19N3O/c1-24(2)22(26)20-15-25(17-11-4-3-5-12-17)23-21(20)19-14-8-10-16-9-6-7-13-18(16)19/h3-15H,1-2H3. The molecule has 0 fully saturated rings. The second-order valence-corrected chi connectivity index (χ2v) is 6.40. The van der Waals surface area contributed by atoms with E-state index in [0.29, 0.717) is 11.3 Å². The van der Waals surface area contributed by atoms with Crippen molar-refractivity contribution in [3.05, 3.63) is 84.6 Å². The first kappa shape index (κ1) is 16.1. The highest BCUT2D eigenvalue weighted by atomic mass is 16.2. The number of hydrogen-bond donors (Lipinski definition) is 0. The van der Waals surface area contributed by atoms with Crippen molar-refractivity contribution >= 4 is 16.7 Å². The Kier molecular flexibility index (Phi) is 4.01. The molecule has 0 aliphatic carbocycles. The van der Waals surface area contributed by atoms with Crippen LogP contribution in [0.3, 0.4) is 0 Å². The van der Waals surface area contributed by atoms with Gasteiger partial charge in [0, 0.05) is 25.9 Å². The van der Waals surface area contributed by atoms with Crippen LogP contribution in [0, 0.1) is 0 Å². The lowest BCUT2D eigenvalue weighted by Crippen LogP contribution is -2.21. The van der Waals surface area contributed by atoms with E-state index in [9.17, 15) is 4.79 Å². The highest BCUT2D eigenvalue weighted by Crippen LogP contribution is 2.31. The predicted octanol–water partition coefficient (Wildman–Crippen LogP) is 4.39. The van der Waals surface area contributed by atoms with Crippen molar-refractivity contribution in [1.82, 2.24) is 14.7 Å². The molecule has 0 saturated heterocycles. The first-order valence-electron chi connectivity index (χ1n) is 8.50. The molecule has 0 radical (unpaired) electrons. The lowest BCUT2D eigenvalue weighted by atomic mass is 10.00. The third-order valence-corrected chi connectivity index (χ3v) is 4.42. The summed E-state index contributed by atoms with van der Waals surface area (Å²) >= 11 is 0. The van der Waals surface area contributed by atoms with E-state index in [4.69, 9.17) is 5.10 Å². The third kappa shape index (κ3) is 2.75. The van der Waals surface area contributed by atoms with Gasteiger partial charge in [-0.25, -0.2) is 4.68 Å². The molecule has 1 aromatic heterocycles. The summed E-state index contributed by atoms with van der Waals surface area (Å²) in [6, 6.07) is 24.1. The number of hydrogen-bond acceptors (Lipinski definition) is 2. The number of aromatic nitrogens is 2. The fourth-order valence-corrected chi connectivity index (χ4v) is 3.12. The highest BCUT2D eigenvalue weighted by Gasteiger charge is 2.21. The Labute approximate surface area is 152 Å². The molecular formula is C22H19N3O. The number of fused-ring (bicyclic) bond motifs is 1. The predicted molar refractivity (Wildman–Crippen MR) is 105 cm³/mol. The molecule has 4 rings (SSSR count). The van der Waals surface area contributed by atoms with Crippen LogP contribution >= 0.6 is 0 Å². The molecule has 0 aliphatic rings. The Balaban J connectivity index is 1.97. The normalized spacial score (nSPS) is 10.8. The minimum atomic E-state index is -0.0601. The van der Waals surface area contributed by atoms with Gasteiger partial charge in [0.2, 0.25) is 0 Å². The maximum atomic E-state index is 12.8. The minimum absolute atomic E-state index is 0.0601. The second-order valence-electron chi connectivity index (χ2n) is 6.40. The van der Waals surface area contributed by atoms with Gasteiger partial charge in [0.25, 0.3) is 5.91 Å². The Morgan fingerprint density at radius 1 is 0.885 bits per heavy atom. The molecule has 0 saturated carbocycles. The molecule has 0 atom stereocenters. The quantitative estimate of drug-likeness (QED) is 0.554. The summed E-state index contributed by atoms with van der Waals surface area (Å²) in [5, 5.41) is 6.99. The molecule has 3 aromatic carbocycles. The SMILES string of the molecule is CN(C)C(=O)c1cn(-c2ccccc2)nc1-c1cccc2ccccc12. The van der Waals surface area contributed by atoms with Crippen LogP contribution in [0.15, 0.2) is 79.0 Å². The largest absolute Gasteiger partial charge is 0.345 e. The maximum absolute atomic E-state index is 12.8. The van der Waals surface area contributed by atoms with Crippen molar-refractivity contribution in [2.75, 3.05) is 14.1 Å². The number of para-hydroxylation sites is 1. The van der Waals surface area contributed by atoms with Gasteiger partial charge in [-0.2, -0.15) is 5.10 Å². The van der Waals surface area contributed by atoms with Gasteiger partial charge in [-0.15, -0.1) is 0 Å². The van der Waals surface area contributed by atoms with Crippen molar-refractivity contribution in [3.8, 4) is 16.9 Å². The minimum Gasteiger partial charge on any atom is -0.345 e. The zero-order valence-corrected chi connectivity index (χ0v) is 14.8. The van der Waals surface area contributed by atoms with Gasteiger partial charge in [0.05, 0.1) is 11.3 Å². The van der Waals surface area contributed by atoms with E-state index in [2.05, 4.69) is 18.2 Å². The van der Waals surface area contributed by atoms with E-state index in [1.54, 1.807) is 23.7 Å².